The largest absolute Gasteiger partial charge is 0.472 e. The Morgan fingerprint density at radius 1 is 0.622 bits per heavy atom. The third-order valence-corrected chi connectivity index (χ3v) is 9.44. The quantitative estimate of drug-likeness (QED) is 0.0386. The van der Waals surface area contributed by atoms with E-state index in [1.165, 1.54) is 128 Å². The van der Waals surface area contributed by atoms with E-state index in [1.807, 2.05) is 6.92 Å². The lowest BCUT2D eigenvalue weighted by Crippen LogP contribution is -2.29. The van der Waals surface area contributed by atoms with Crippen molar-refractivity contribution in [1.29, 1.82) is 0 Å². The van der Waals surface area contributed by atoms with Crippen LogP contribution in [0.4, 0.5) is 0 Å². The van der Waals surface area contributed by atoms with Crippen LogP contribution in [0.25, 0.3) is 0 Å². The molecule has 45 heavy (non-hydrogen) atoms. The van der Waals surface area contributed by atoms with Crippen LogP contribution in [-0.4, -0.2) is 49.9 Å². The van der Waals surface area contributed by atoms with Gasteiger partial charge in [0.25, 0.3) is 0 Å². The SMILES string of the molecule is CCCCCCCCCCCCCCCCOC(COC(=O)C(C)CCCCCCCCCCCC)COP(=O)(O)OCCN. The molecule has 3 unspecified atom stereocenters. The zero-order valence-corrected chi connectivity index (χ0v) is 30.7. The molecule has 0 aliphatic rings. The standard InChI is InChI=1S/C36H74NO7P/c1-4-6-8-10-12-14-16-17-18-19-21-23-25-27-30-41-35(33-44-45(39,40)43-31-29-37)32-42-36(38)34(3)28-26-24-22-20-15-13-11-9-7-5-2/h34-35H,4-33,37H2,1-3H3,(H,39,40). The lowest BCUT2D eigenvalue weighted by molar-refractivity contribution is -0.153. The molecule has 8 nitrogen and oxygen atoms in total. The van der Waals surface area contributed by atoms with Gasteiger partial charge in [0.1, 0.15) is 12.7 Å². The highest BCUT2D eigenvalue weighted by molar-refractivity contribution is 7.47. The van der Waals surface area contributed by atoms with Crippen molar-refractivity contribution in [3.63, 3.8) is 0 Å². The second-order valence-electron chi connectivity index (χ2n) is 13.0. The number of carbonyl (C=O) groups is 1. The van der Waals surface area contributed by atoms with Crippen LogP contribution in [0.5, 0.6) is 0 Å². The van der Waals surface area contributed by atoms with Gasteiger partial charge < -0.3 is 20.1 Å². The molecule has 0 fully saturated rings. The normalized spacial score (nSPS) is 14.3. The van der Waals surface area contributed by atoms with Crippen molar-refractivity contribution in [2.45, 2.75) is 187 Å². The fraction of sp³-hybridized carbons (Fsp3) is 0.972. The molecule has 9 heteroatoms. The van der Waals surface area contributed by atoms with Gasteiger partial charge in [-0.05, 0) is 12.8 Å². The van der Waals surface area contributed by atoms with Crippen LogP contribution >= 0.6 is 7.82 Å². The summed E-state index contributed by atoms with van der Waals surface area (Å²) >= 11 is 0. The summed E-state index contributed by atoms with van der Waals surface area (Å²) in [7, 11) is -4.24. The van der Waals surface area contributed by atoms with Gasteiger partial charge in [-0.25, -0.2) is 4.57 Å². The van der Waals surface area contributed by atoms with Crippen LogP contribution in [0.1, 0.15) is 181 Å². The maximum absolute atomic E-state index is 12.6. The molecule has 3 atom stereocenters. The highest BCUT2D eigenvalue weighted by Crippen LogP contribution is 2.43. The molecule has 0 spiro atoms. The predicted molar refractivity (Wildman–Crippen MR) is 187 cm³/mol. The van der Waals surface area contributed by atoms with E-state index in [0.29, 0.717) is 6.61 Å². The molecule has 0 rings (SSSR count). The van der Waals surface area contributed by atoms with E-state index in [4.69, 9.17) is 24.3 Å². The second kappa shape index (κ2) is 33.4. The van der Waals surface area contributed by atoms with Gasteiger partial charge in [-0.1, -0.05) is 168 Å². The summed E-state index contributed by atoms with van der Waals surface area (Å²) in [5.41, 5.74) is 5.36. The van der Waals surface area contributed by atoms with Gasteiger partial charge in [0.05, 0.1) is 19.1 Å². The summed E-state index contributed by atoms with van der Waals surface area (Å²) < 4.78 is 33.5. The third-order valence-electron chi connectivity index (χ3n) is 8.45. The molecule has 3 N–H and O–H groups in total. The minimum Gasteiger partial charge on any atom is -0.463 e. The smallest absolute Gasteiger partial charge is 0.463 e. The first-order chi connectivity index (χ1) is 21.9. The Bertz CT molecular complexity index is 682. The number of unbranched alkanes of at least 4 members (excludes halogenated alkanes) is 22. The molecule has 0 aromatic heterocycles. The van der Waals surface area contributed by atoms with Crippen LogP contribution in [0, 0.1) is 5.92 Å². The number of ether oxygens (including phenoxy) is 2. The summed E-state index contributed by atoms with van der Waals surface area (Å²) in [6, 6.07) is 0. The minimum atomic E-state index is -4.24. The van der Waals surface area contributed by atoms with Crippen molar-refractivity contribution >= 4 is 13.8 Å². The Balaban J connectivity index is 4.19. The number of phosphoric ester groups is 1. The molecule has 0 bridgehead atoms. The zero-order valence-electron chi connectivity index (χ0n) is 29.8. The molecule has 0 saturated carbocycles. The van der Waals surface area contributed by atoms with Crippen molar-refractivity contribution in [3.8, 4) is 0 Å². The Morgan fingerprint density at radius 3 is 1.49 bits per heavy atom. The lowest BCUT2D eigenvalue weighted by atomic mass is 10.0. The predicted octanol–water partition coefficient (Wildman–Crippen LogP) is 10.4. The van der Waals surface area contributed by atoms with Gasteiger partial charge in [0, 0.05) is 13.2 Å². The average molecular weight is 664 g/mol. The maximum Gasteiger partial charge on any atom is 0.472 e. The van der Waals surface area contributed by atoms with E-state index >= 15 is 0 Å². The molecular weight excluding hydrogens is 589 g/mol. The Morgan fingerprint density at radius 2 is 1.04 bits per heavy atom. The van der Waals surface area contributed by atoms with Gasteiger partial charge >= 0.3 is 13.8 Å². The van der Waals surface area contributed by atoms with E-state index in [0.717, 1.165) is 32.1 Å². The topological polar surface area (TPSA) is 117 Å². The molecule has 270 valence electrons. The van der Waals surface area contributed by atoms with E-state index in [9.17, 15) is 14.3 Å². The number of phosphoric acid groups is 1. The number of esters is 1. The Kier molecular flexibility index (Phi) is 33.0. The molecule has 0 saturated heterocycles. The average Bonchev–Trinajstić information content (AvgIpc) is 3.03. The van der Waals surface area contributed by atoms with Crippen molar-refractivity contribution < 1.29 is 32.8 Å². The van der Waals surface area contributed by atoms with Gasteiger partial charge in [-0.2, -0.15) is 0 Å². The Hall–Kier alpha value is -0.500. The first-order valence-electron chi connectivity index (χ1n) is 19.0. The number of hydrogen-bond donors (Lipinski definition) is 2. The van der Waals surface area contributed by atoms with Crippen molar-refractivity contribution in [2.24, 2.45) is 11.7 Å². The van der Waals surface area contributed by atoms with Crippen molar-refractivity contribution in [2.75, 3.05) is 33.0 Å². The van der Waals surface area contributed by atoms with Gasteiger partial charge in [0.2, 0.25) is 0 Å². The molecule has 0 heterocycles. The first-order valence-corrected chi connectivity index (χ1v) is 20.5. The lowest BCUT2D eigenvalue weighted by Gasteiger charge is -2.21. The number of nitrogens with two attached hydrogens (primary N) is 1. The van der Waals surface area contributed by atoms with Crippen LogP contribution in [0.15, 0.2) is 0 Å². The van der Waals surface area contributed by atoms with E-state index in [-0.39, 0.29) is 38.3 Å². The molecule has 0 aliphatic heterocycles. The number of carbonyl (C=O) groups excluding carboxylic acids is 1. The van der Waals surface area contributed by atoms with Crippen LogP contribution < -0.4 is 5.73 Å². The molecule has 0 amide bonds. The monoisotopic (exact) mass is 664 g/mol. The fourth-order valence-corrected chi connectivity index (χ4v) is 6.21. The summed E-state index contributed by atoms with van der Waals surface area (Å²) in [6.07, 6.45) is 30.7. The second-order valence-corrected chi connectivity index (χ2v) is 14.4. The van der Waals surface area contributed by atoms with Gasteiger partial charge in [-0.3, -0.25) is 13.8 Å². The van der Waals surface area contributed by atoms with Gasteiger partial charge in [0.15, 0.2) is 0 Å². The van der Waals surface area contributed by atoms with E-state index in [1.54, 1.807) is 0 Å². The first kappa shape index (κ1) is 44.5. The third kappa shape index (κ3) is 31.8. The van der Waals surface area contributed by atoms with Gasteiger partial charge in [-0.15, -0.1) is 0 Å². The van der Waals surface area contributed by atoms with Crippen molar-refractivity contribution in [1.82, 2.24) is 0 Å². The van der Waals surface area contributed by atoms with Crippen LogP contribution in [0.3, 0.4) is 0 Å². The Labute approximate surface area is 278 Å². The summed E-state index contributed by atoms with van der Waals surface area (Å²) in [5.74, 6) is -0.453. The molecule has 0 radical (unpaired) electrons. The summed E-state index contributed by atoms with van der Waals surface area (Å²) in [4.78, 5) is 22.5. The van der Waals surface area contributed by atoms with E-state index in [2.05, 4.69) is 13.8 Å². The maximum atomic E-state index is 12.6. The van der Waals surface area contributed by atoms with Crippen LogP contribution in [0.2, 0.25) is 0 Å². The molecule has 0 aromatic carbocycles. The number of rotatable bonds is 36. The van der Waals surface area contributed by atoms with Crippen LogP contribution in [-0.2, 0) is 27.9 Å². The summed E-state index contributed by atoms with van der Waals surface area (Å²) in [5, 5.41) is 0. The highest BCUT2D eigenvalue weighted by atomic mass is 31.2. The molecule has 0 aromatic rings. The fourth-order valence-electron chi connectivity index (χ4n) is 5.45. The van der Waals surface area contributed by atoms with E-state index < -0.39 is 13.9 Å². The highest BCUT2D eigenvalue weighted by Gasteiger charge is 2.25. The van der Waals surface area contributed by atoms with Crippen molar-refractivity contribution in [3.05, 3.63) is 0 Å². The molecule has 0 aliphatic carbocycles. The minimum absolute atomic E-state index is 0.0172. The molecular formula is C36H74NO7P. The zero-order chi connectivity index (χ0) is 33.3. The number of hydrogen-bond acceptors (Lipinski definition) is 7. The summed E-state index contributed by atoms with van der Waals surface area (Å²) in [6.45, 7) is 6.71.